The van der Waals surface area contributed by atoms with Gasteiger partial charge in [-0.05, 0) is 44.5 Å². The van der Waals surface area contributed by atoms with Gasteiger partial charge in [0.05, 0.1) is 11.1 Å². The molecule has 0 saturated heterocycles. The molecule has 3 aromatic heterocycles. The highest BCUT2D eigenvalue weighted by Gasteiger charge is 2.19. The van der Waals surface area contributed by atoms with E-state index in [9.17, 15) is 0 Å². The monoisotopic (exact) mass is 354 g/mol. The fourth-order valence-corrected chi connectivity index (χ4v) is 4.13. The Morgan fingerprint density at radius 2 is 1.79 bits per heavy atom. The number of fused-ring (bicyclic) bond motifs is 1. The molecule has 0 fully saturated rings. The molecule has 0 aliphatic heterocycles. The number of thiophene rings is 1. The van der Waals surface area contributed by atoms with Gasteiger partial charge in [0.15, 0.2) is 5.82 Å². The summed E-state index contributed by atoms with van der Waals surface area (Å²) < 4.78 is 1.89. The number of nitrogens with zero attached hydrogens (tertiary/aromatic N) is 4. The predicted molar refractivity (Wildman–Crippen MR) is 99.2 cm³/mol. The first-order valence-corrected chi connectivity index (χ1v) is 8.77. The third-order valence-electron chi connectivity index (χ3n) is 3.99. The molecule has 1 aromatic carbocycles. The van der Waals surface area contributed by atoms with Crippen LogP contribution in [0.25, 0.3) is 27.2 Å². The van der Waals surface area contributed by atoms with Gasteiger partial charge in [0.2, 0.25) is 0 Å². The molecule has 0 radical (unpaired) electrons. The van der Waals surface area contributed by atoms with E-state index < -0.39 is 0 Å². The van der Waals surface area contributed by atoms with E-state index in [1.54, 1.807) is 17.7 Å². The van der Waals surface area contributed by atoms with Crippen molar-refractivity contribution in [3.63, 3.8) is 0 Å². The maximum atomic E-state index is 6.05. The summed E-state index contributed by atoms with van der Waals surface area (Å²) in [6, 6.07) is 9.94. The van der Waals surface area contributed by atoms with E-state index in [4.69, 9.17) is 11.6 Å². The van der Waals surface area contributed by atoms with E-state index in [-0.39, 0.29) is 0 Å². The number of aryl methyl sites for hydroxylation is 3. The minimum atomic E-state index is 0.728. The van der Waals surface area contributed by atoms with Gasteiger partial charge in [0, 0.05) is 21.2 Å². The van der Waals surface area contributed by atoms with E-state index in [0.29, 0.717) is 0 Å². The molecule has 0 saturated carbocycles. The predicted octanol–water partition coefficient (Wildman–Crippen LogP) is 5.12. The summed E-state index contributed by atoms with van der Waals surface area (Å²) in [5.74, 6) is 0.819. The summed E-state index contributed by atoms with van der Waals surface area (Å²) in [6.45, 7) is 6.14. The fraction of sp³-hybridized carbons (Fsp3) is 0.167. The van der Waals surface area contributed by atoms with Crippen LogP contribution in [0.3, 0.4) is 0 Å². The lowest BCUT2D eigenvalue weighted by Crippen LogP contribution is -2.03. The van der Waals surface area contributed by atoms with Crippen LogP contribution in [0.4, 0.5) is 0 Å². The maximum Gasteiger partial charge on any atom is 0.166 e. The molecule has 0 atom stereocenters. The van der Waals surface area contributed by atoms with Crippen molar-refractivity contribution in [2.24, 2.45) is 0 Å². The molecule has 120 valence electrons. The highest BCUT2D eigenvalue weighted by Crippen LogP contribution is 2.40. The van der Waals surface area contributed by atoms with Crippen molar-refractivity contribution in [3.05, 3.63) is 57.9 Å². The molecule has 0 bridgehead atoms. The number of aromatic nitrogens is 4. The summed E-state index contributed by atoms with van der Waals surface area (Å²) in [5, 5.41) is 6.36. The maximum absolute atomic E-state index is 6.05. The molecule has 6 heteroatoms. The first-order chi connectivity index (χ1) is 11.5. The summed E-state index contributed by atoms with van der Waals surface area (Å²) in [6.07, 6.45) is 1.61. The smallest absolute Gasteiger partial charge is 0.166 e. The summed E-state index contributed by atoms with van der Waals surface area (Å²) >= 11 is 7.72. The normalized spacial score (nSPS) is 11.3. The second-order valence-corrected chi connectivity index (χ2v) is 7.40. The van der Waals surface area contributed by atoms with Gasteiger partial charge < -0.3 is 0 Å². The van der Waals surface area contributed by atoms with Gasteiger partial charge in [-0.25, -0.2) is 14.6 Å². The zero-order valence-corrected chi connectivity index (χ0v) is 15.1. The van der Waals surface area contributed by atoms with Crippen LogP contribution in [-0.2, 0) is 0 Å². The second kappa shape index (κ2) is 5.69. The highest BCUT2D eigenvalue weighted by atomic mass is 35.5. The molecule has 0 spiro atoms. The molecule has 4 rings (SSSR count). The Morgan fingerprint density at radius 3 is 2.46 bits per heavy atom. The van der Waals surface area contributed by atoms with E-state index in [0.717, 1.165) is 43.6 Å². The lowest BCUT2D eigenvalue weighted by Gasteiger charge is -2.08. The topological polar surface area (TPSA) is 43.6 Å². The molecule has 0 aliphatic rings. The zero-order valence-electron chi connectivity index (χ0n) is 13.5. The third-order valence-corrected chi connectivity index (χ3v) is 5.25. The van der Waals surface area contributed by atoms with Gasteiger partial charge in [-0.15, -0.1) is 11.3 Å². The van der Waals surface area contributed by atoms with Crippen molar-refractivity contribution < 1.29 is 0 Å². The number of benzene rings is 1. The minimum absolute atomic E-state index is 0.728. The molecule has 0 N–H and O–H groups in total. The van der Waals surface area contributed by atoms with Crippen molar-refractivity contribution in [2.45, 2.75) is 20.8 Å². The molecule has 0 aliphatic carbocycles. The van der Waals surface area contributed by atoms with Crippen LogP contribution < -0.4 is 0 Å². The number of hydrogen-bond acceptors (Lipinski definition) is 4. The van der Waals surface area contributed by atoms with Crippen LogP contribution in [0.5, 0.6) is 0 Å². The second-order valence-electron chi connectivity index (χ2n) is 5.76. The summed E-state index contributed by atoms with van der Waals surface area (Å²) in [7, 11) is 0. The van der Waals surface area contributed by atoms with Gasteiger partial charge in [-0.3, -0.25) is 0 Å². The van der Waals surface area contributed by atoms with Crippen LogP contribution >= 0.6 is 22.9 Å². The Bertz CT molecular complexity index is 1050. The highest BCUT2D eigenvalue weighted by molar-refractivity contribution is 7.19. The van der Waals surface area contributed by atoms with Gasteiger partial charge in [0.1, 0.15) is 11.2 Å². The summed E-state index contributed by atoms with van der Waals surface area (Å²) in [5.41, 5.74) is 4.29. The Balaban J connectivity index is 2.06. The average Bonchev–Trinajstić information content (AvgIpc) is 3.06. The van der Waals surface area contributed by atoms with E-state index in [1.807, 2.05) is 42.8 Å². The lowest BCUT2D eigenvalue weighted by atomic mass is 10.0. The standard InChI is InChI=1S/C18H15ClN4S/c1-10-8-11(2)23(22-10)17-16-15(13-4-6-14(19)7-5-13)12(3)24-18(16)21-9-20-17/h4-9H,1-3H3. The van der Waals surface area contributed by atoms with E-state index in [1.165, 1.54) is 4.88 Å². The Morgan fingerprint density at radius 1 is 1.04 bits per heavy atom. The Labute approximate surface area is 148 Å². The average molecular weight is 355 g/mol. The zero-order chi connectivity index (χ0) is 16.8. The van der Waals surface area contributed by atoms with Gasteiger partial charge in [-0.2, -0.15) is 5.10 Å². The fourth-order valence-electron chi connectivity index (χ4n) is 3.00. The van der Waals surface area contributed by atoms with Crippen molar-refractivity contribution >= 4 is 33.2 Å². The van der Waals surface area contributed by atoms with Crippen molar-refractivity contribution in [2.75, 3.05) is 0 Å². The first-order valence-electron chi connectivity index (χ1n) is 7.58. The quantitative estimate of drug-likeness (QED) is 0.501. The molecule has 0 unspecified atom stereocenters. The number of rotatable bonds is 2. The van der Waals surface area contributed by atoms with Crippen LogP contribution in [0.15, 0.2) is 36.7 Å². The Hall–Kier alpha value is -2.24. The van der Waals surface area contributed by atoms with Crippen molar-refractivity contribution in [1.82, 2.24) is 19.7 Å². The van der Waals surface area contributed by atoms with Crippen LogP contribution in [-0.4, -0.2) is 19.7 Å². The molecule has 4 aromatic rings. The first kappa shape index (κ1) is 15.3. The van der Waals surface area contributed by atoms with Crippen LogP contribution in [0, 0.1) is 20.8 Å². The largest absolute Gasteiger partial charge is 0.225 e. The third kappa shape index (κ3) is 2.41. The number of hydrogen-bond donors (Lipinski definition) is 0. The molecular formula is C18H15ClN4S. The molecule has 3 heterocycles. The molecular weight excluding hydrogens is 340 g/mol. The van der Waals surface area contributed by atoms with Gasteiger partial charge in [0.25, 0.3) is 0 Å². The van der Waals surface area contributed by atoms with Crippen molar-refractivity contribution in [1.29, 1.82) is 0 Å². The number of halogens is 1. The Kier molecular flexibility index (Phi) is 3.62. The van der Waals surface area contributed by atoms with E-state index >= 15 is 0 Å². The van der Waals surface area contributed by atoms with Gasteiger partial charge >= 0.3 is 0 Å². The lowest BCUT2D eigenvalue weighted by molar-refractivity contribution is 0.811. The van der Waals surface area contributed by atoms with Gasteiger partial charge in [-0.1, -0.05) is 23.7 Å². The molecule has 0 amide bonds. The van der Waals surface area contributed by atoms with Crippen LogP contribution in [0.1, 0.15) is 16.3 Å². The van der Waals surface area contributed by atoms with Crippen molar-refractivity contribution in [3.8, 4) is 16.9 Å². The minimum Gasteiger partial charge on any atom is -0.225 e. The van der Waals surface area contributed by atoms with Crippen LogP contribution in [0.2, 0.25) is 5.02 Å². The van der Waals surface area contributed by atoms with E-state index in [2.05, 4.69) is 28.1 Å². The molecule has 24 heavy (non-hydrogen) atoms. The SMILES string of the molecule is Cc1cc(C)n(-c2ncnc3sc(C)c(-c4ccc(Cl)cc4)c23)n1. The molecule has 4 nitrogen and oxygen atoms in total. The summed E-state index contributed by atoms with van der Waals surface area (Å²) in [4.78, 5) is 11.2.